The van der Waals surface area contributed by atoms with E-state index in [4.69, 9.17) is 0 Å². The summed E-state index contributed by atoms with van der Waals surface area (Å²) in [6.45, 7) is 6.64. The molecule has 100 valence electrons. The number of hydrogen-bond donors (Lipinski definition) is 2. The van der Waals surface area contributed by atoms with Gasteiger partial charge in [0.25, 0.3) is 0 Å². The van der Waals surface area contributed by atoms with Gasteiger partial charge in [-0.25, -0.2) is 0 Å². The number of phenols is 2. The number of nitrogens with zero attached hydrogens (tertiary/aromatic N) is 1. The molecule has 1 aliphatic rings. The third-order valence-corrected chi connectivity index (χ3v) is 3.97. The monoisotopic (exact) mass is 249 g/mol. The predicted octanol–water partition coefficient (Wildman–Crippen LogP) is 2.69. The number of hydrogen-bond acceptors (Lipinski definition) is 3. The van der Waals surface area contributed by atoms with Gasteiger partial charge in [0.15, 0.2) is 11.5 Å². The molecule has 0 spiro atoms. The highest BCUT2D eigenvalue weighted by molar-refractivity contribution is 5.50. The van der Waals surface area contributed by atoms with Crippen molar-refractivity contribution < 1.29 is 10.2 Å². The highest BCUT2D eigenvalue weighted by Gasteiger charge is 2.25. The number of phenolic OH excluding ortho intramolecular Hbond substituents is 2. The maximum absolute atomic E-state index is 9.87. The minimum atomic E-state index is 0.00751. The van der Waals surface area contributed by atoms with E-state index in [1.54, 1.807) is 6.07 Å². The third-order valence-electron chi connectivity index (χ3n) is 3.97. The van der Waals surface area contributed by atoms with E-state index >= 15 is 0 Å². The maximum Gasteiger partial charge on any atom is 0.160 e. The fourth-order valence-corrected chi connectivity index (χ4v) is 3.00. The van der Waals surface area contributed by atoms with Crippen LogP contribution >= 0.6 is 0 Å². The van der Waals surface area contributed by atoms with Crippen LogP contribution in [0.15, 0.2) is 12.1 Å². The molecule has 0 unspecified atom stereocenters. The maximum atomic E-state index is 9.87. The van der Waals surface area contributed by atoms with Crippen molar-refractivity contribution in [2.24, 2.45) is 0 Å². The molecule has 0 bridgehead atoms. The van der Waals surface area contributed by atoms with Crippen LogP contribution in [0.3, 0.4) is 0 Å². The first-order valence-electron chi connectivity index (χ1n) is 6.94. The van der Waals surface area contributed by atoms with E-state index in [9.17, 15) is 10.2 Å². The Labute approximate surface area is 109 Å². The Morgan fingerprint density at radius 3 is 2.72 bits per heavy atom. The lowest BCUT2D eigenvalue weighted by Gasteiger charge is -2.34. The average molecular weight is 249 g/mol. The van der Waals surface area contributed by atoms with Crippen molar-refractivity contribution in [1.29, 1.82) is 0 Å². The quantitative estimate of drug-likeness (QED) is 0.806. The molecule has 0 amide bonds. The van der Waals surface area contributed by atoms with Crippen LogP contribution in [0.4, 0.5) is 0 Å². The van der Waals surface area contributed by atoms with Gasteiger partial charge in [0, 0.05) is 11.6 Å². The molecule has 2 N–H and O–H groups in total. The minimum absolute atomic E-state index is 0.00751. The Bertz CT molecular complexity index is 417. The molecule has 0 aromatic heterocycles. The first kappa shape index (κ1) is 13.2. The highest BCUT2D eigenvalue weighted by atomic mass is 16.3. The number of likely N-dealkylation sites (N-methyl/N-ethyl adjacent to an activating group) is 1. The second-order valence-electron chi connectivity index (χ2n) is 5.10. The van der Waals surface area contributed by atoms with Gasteiger partial charge in [0.1, 0.15) is 0 Å². The lowest BCUT2D eigenvalue weighted by atomic mass is 9.86. The summed E-state index contributed by atoms with van der Waals surface area (Å²) in [5.41, 5.74) is 2.13. The van der Waals surface area contributed by atoms with Crippen molar-refractivity contribution in [1.82, 2.24) is 4.90 Å². The first-order chi connectivity index (χ1) is 8.67. The Kier molecular flexibility index (Phi) is 4.12. The van der Waals surface area contributed by atoms with Crippen molar-refractivity contribution in [2.45, 2.75) is 45.6 Å². The van der Waals surface area contributed by atoms with Crippen molar-refractivity contribution in [3.05, 3.63) is 23.3 Å². The van der Waals surface area contributed by atoms with Crippen LogP contribution in [0.2, 0.25) is 0 Å². The first-order valence-corrected chi connectivity index (χ1v) is 6.94. The number of rotatable bonds is 4. The molecule has 0 fully saturated rings. The van der Waals surface area contributed by atoms with E-state index in [-0.39, 0.29) is 11.5 Å². The van der Waals surface area contributed by atoms with Gasteiger partial charge in [-0.15, -0.1) is 0 Å². The summed E-state index contributed by atoms with van der Waals surface area (Å²) in [6, 6.07) is 4.13. The Morgan fingerprint density at radius 2 is 2.06 bits per heavy atom. The summed E-state index contributed by atoms with van der Waals surface area (Å²) in [4.78, 5) is 2.52. The average Bonchev–Trinajstić information content (AvgIpc) is 2.40. The molecular weight excluding hydrogens is 226 g/mol. The number of fused-ring (bicyclic) bond motifs is 1. The summed E-state index contributed by atoms with van der Waals surface area (Å²) >= 11 is 0. The van der Waals surface area contributed by atoms with E-state index in [1.807, 2.05) is 6.07 Å². The molecule has 0 saturated heterocycles. The summed E-state index contributed by atoms with van der Waals surface area (Å²) in [7, 11) is 0. The van der Waals surface area contributed by atoms with E-state index < -0.39 is 0 Å². The van der Waals surface area contributed by atoms with Crippen LogP contribution in [-0.4, -0.2) is 34.2 Å². The van der Waals surface area contributed by atoms with Crippen molar-refractivity contribution in [3.63, 3.8) is 0 Å². The van der Waals surface area contributed by atoms with Crippen molar-refractivity contribution in [2.75, 3.05) is 13.1 Å². The molecule has 2 rings (SSSR count). The Balaban J connectivity index is 2.17. The Hall–Kier alpha value is -1.22. The zero-order chi connectivity index (χ0) is 13.1. The van der Waals surface area contributed by atoms with Crippen LogP contribution in [0.5, 0.6) is 11.5 Å². The smallest absolute Gasteiger partial charge is 0.160 e. The van der Waals surface area contributed by atoms with E-state index in [1.165, 1.54) is 12.0 Å². The second-order valence-corrected chi connectivity index (χ2v) is 5.10. The summed E-state index contributed by atoms with van der Waals surface area (Å²) in [6.07, 6.45) is 4.09. The number of aromatic hydroxyl groups is 2. The van der Waals surface area contributed by atoms with Crippen molar-refractivity contribution >= 4 is 0 Å². The van der Waals surface area contributed by atoms with Crippen molar-refractivity contribution in [3.8, 4) is 11.5 Å². The van der Waals surface area contributed by atoms with Crippen LogP contribution in [-0.2, 0) is 12.8 Å². The third kappa shape index (κ3) is 2.46. The summed E-state index contributed by atoms with van der Waals surface area (Å²) < 4.78 is 0. The van der Waals surface area contributed by atoms with Gasteiger partial charge < -0.3 is 15.1 Å². The fraction of sp³-hybridized carbons (Fsp3) is 0.600. The van der Waals surface area contributed by atoms with Gasteiger partial charge in [0.05, 0.1) is 0 Å². The fourth-order valence-electron chi connectivity index (χ4n) is 3.00. The minimum Gasteiger partial charge on any atom is -0.504 e. The zero-order valence-corrected chi connectivity index (χ0v) is 11.3. The molecule has 0 saturated carbocycles. The van der Waals surface area contributed by atoms with E-state index in [0.29, 0.717) is 6.04 Å². The van der Waals surface area contributed by atoms with Crippen LogP contribution in [0.1, 0.15) is 37.8 Å². The lowest BCUT2D eigenvalue weighted by molar-refractivity contribution is 0.188. The van der Waals surface area contributed by atoms with E-state index in [2.05, 4.69) is 18.7 Å². The van der Waals surface area contributed by atoms with Gasteiger partial charge >= 0.3 is 0 Å². The Morgan fingerprint density at radius 1 is 1.28 bits per heavy atom. The standard InChI is InChI=1S/C15H23NO2/c1-3-9-16(4-2)12-6-7-13-11(10-12)5-8-14(17)15(13)18/h5,8,12,17-18H,3-4,6-7,9-10H2,1-2H3/t12-/m0/s1. The molecule has 0 heterocycles. The van der Waals surface area contributed by atoms with Gasteiger partial charge in [-0.05, 0) is 50.4 Å². The molecular formula is C15H23NO2. The molecule has 1 aromatic carbocycles. The van der Waals surface area contributed by atoms with Crippen LogP contribution < -0.4 is 0 Å². The molecule has 1 aromatic rings. The molecule has 0 aliphatic heterocycles. The molecule has 1 aliphatic carbocycles. The van der Waals surface area contributed by atoms with Gasteiger partial charge in [-0.1, -0.05) is 19.9 Å². The van der Waals surface area contributed by atoms with Crippen LogP contribution in [0, 0.1) is 0 Å². The molecule has 3 heteroatoms. The normalized spacial score (nSPS) is 18.9. The predicted molar refractivity (Wildman–Crippen MR) is 73.1 cm³/mol. The summed E-state index contributed by atoms with van der Waals surface area (Å²) in [5.74, 6) is 0.0950. The van der Waals surface area contributed by atoms with E-state index in [0.717, 1.165) is 37.9 Å². The largest absolute Gasteiger partial charge is 0.504 e. The van der Waals surface area contributed by atoms with Gasteiger partial charge in [0.2, 0.25) is 0 Å². The molecule has 3 nitrogen and oxygen atoms in total. The zero-order valence-electron chi connectivity index (χ0n) is 11.3. The molecule has 1 atom stereocenters. The highest BCUT2D eigenvalue weighted by Crippen LogP contribution is 2.36. The van der Waals surface area contributed by atoms with Crippen LogP contribution in [0.25, 0.3) is 0 Å². The van der Waals surface area contributed by atoms with Gasteiger partial charge in [-0.2, -0.15) is 0 Å². The number of benzene rings is 1. The second kappa shape index (κ2) is 5.61. The summed E-state index contributed by atoms with van der Waals surface area (Å²) in [5, 5.41) is 19.4. The molecule has 0 radical (unpaired) electrons. The SMILES string of the molecule is CCCN(CC)[C@H]1CCc2c(ccc(O)c2O)C1. The lowest BCUT2D eigenvalue weighted by Crippen LogP contribution is -2.39. The topological polar surface area (TPSA) is 43.7 Å². The molecule has 18 heavy (non-hydrogen) atoms. The van der Waals surface area contributed by atoms with Gasteiger partial charge in [-0.3, -0.25) is 0 Å².